The summed E-state index contributed by atoms with van der Waals surface area (Å²) < 4.78 is 2.20. The highest BCUT2D eigenvalue weighted by molar-refractivity contribution is 5.91. The standard InChI is InChI=1S/C16H21N5O/c17-9-8-15(22)18-13-6-4-5-12(11-13)16-20-19-14-7-2-1-3-10-21(14)16/h4-6,11H,1-3,7-10,17H2,(H,18,22). The second kappa shape index (κ2) is 6.70. The van der Waals surface area contributed by atoms with E-state index in [1.807, 2.05) is 24.3 Å². The minimum Gasteiger partial charge on any atom is -0.330 e. The molecule has 22 heavy (non-hydrogen) atoms. The summed E-state index contributed by atoms with van der Waals surface area (Å²) in [5.74, 6) is 1.87. The van der Waals surface area contributed by atoms with E-state index in [-0.39, 0.29) is 5.91 Å². The summed E-state index contributed by atoms with van der Waals surface area (Å²) in [6, 6.07) is 7.74. The van der Waals surface area contributed by atoms with Crippen LogP contribution in [0, 0.1) is 0 Å². The van der Waals surface area contributed by atoms with Crippen molar-refractivity contribution in [2.24, 2.45) is 5.73 Å². The molecule has 6 heteroatoms. The van der Waals surface area contributed by atoms with Crippen molar-refractivity contribution in [2.75, 3.05) is 11.9 Å². The maximum Gasteiger partial charge on any atom is 0.225 e. The van der Waals surface area contributed by atoms with Crippen LogP contribution in [-0.2, 0) is 17.8 Å². The van der Waals surface area contributed by atoms with Gasteiger partial charge < -0.3 is 15.6 Å². The van der Waals surface area contributed by atoms with Gasteiger partial charge in [-0.1, -0.05) is 18.6 Å². The minimum atomic E-state index is -0.0697. The summed E-state index contributed by atoms with van der Waals surface area (Å²) in [5, 5.41) is 11.5. The first-order valence-corrected chi connectivity index (χ1v) is 7.80. The third-order valence-corrected chi connectivity index (χ3v) is 3.89. The first-order valence-electron chi connectivity index (χ1n) is 7.80. The van der Waals surface area contributed by atoms with E-state index < -0.39 is 0 Å². The molecule has 0 aliphatic carbocycles. The zero-order valence-electron chi connectivity index (χ0n) is 12.6. The number of carbonyl (C=O) groups excluding carboxylic acids is 1. The summed E-state index contributed by atoms with van der Waals surface area (Å²) in [4.78, 5) is 11.7. The van der Waals surface area contributed by atoms with Crippen LogP contribution in [0.4, 0.5) is 5.69 Å². The lowest BCUT2D eigenvalue weighted by molar-refractivity contribution is -0.116. The van der Waals surface area contributed by atoms with Crippen molar-refractivity contribution >= 4 is 11.6 Å². The SMILES string of the molecule is NCCC(=O)Nc1cccc(-c2nnc3n2CCCCC3)c1. The molecule has 6 nitrogen and oxygen atoms in total. The number of hydrogen-bond donors (Lipinski definition) is 2. The molecule has 1 aromatic heterocycles. The molecule has 0 bridgehead atoms. The Morgan fingerprint density at radius 2 is 2.18 bits per heavy atom. The molecule has 0 spiro atoms. The summed E-state index contributed by atoms with van der Waals surface area (Å²) in [7, 11) is 0. The van der Waals surface area contributed by atoms with Gasteiger partial charge in [0.15, 0.2) is 5.82 Å². The van der Waals surface area contributed by atoms with Crippen molar-refractivity contribution < 1.29 is 4.79 Å². The lowest BCUT2D eigenvalue weighted by Gasteiger charge is -2.09. The molecule has 1 aromatic carbocycles. The van der Waals surface area contributed by atoms with E-state index in [4.69, 9.17) is 5.73 Å². The van der Waals surface area contributed by atoms with Crippen LogP contribution in [0.1, 0.15) is 31.5 Å². The average Bonchev–Trinajstić information content (AvgIpc) is 2.76. The number of rotatable bonds is 4. The fourth-order valence-electron chi connectivity index (χ4n) is 2.79. The molecule has 3 rings (SSSR count). The third kappa shape index (κ3) is 3.17. The van der Waals surface area contributed by atoms with Gasteiger partial charge in [0.25, 0.3) is 0 Å². The number of amides is 1. The van der Waals surface area contributed by atoms with Gasteiger partial charge in [0.1, 0.15) is 5.82 Å². The number of anilines is 1. The number of carbonyl (C=O) groups is 1. The van der Waals surface area contributed by atoms with Crippen molar-refractivity contribution in [3.8, 4) is 11.4 Å². The predicted octanol–water partition coefficient (Wildman–Crippen LogP) is 1.96. The Morgan fingerprint density at radius 3 is 3.05 bits per heavy atom. The maximum atomic E-state index is 11.7. The first kappa shape index (κ1) is 14.7. The van der Waals surface area contributed by atoms with Crippen molar-refractivity contribution in [1.82, 2.24) is 14.8 Å². The number of nitrogens with zero attached hydrogens (tertiary/aromatic N) is 3. The fourth-order valence-corrected chi connectivity index (χ4v) is 2.79. The van der Waals surface area contributed by atoms with Gasteiger partial charge in [-0.15, -0.1) is 10.2 Å². The normalized spacial score (nSPS) is 14.2. The Morgan fingerprint density at radius 1 is 1.27 bits per heavy atom. The lowest BCUT2D eigenvalue weighted by Crippen LogP contribution is -2.16. The van der Waals surface area contributed by atoms with E-state index in [1.54, 1.807) is 0 Å². The summed E-state index contributed by atoms with van der Waals surface area (Å²) in [6.07, 6.45) is 4.88. The van der Waals surface area contributed by atoms with Gasteiger partial charge >= 0.3 is 0 Å². The number of nitrogens with one attached hydrogen (secondary N) is 1. The van der Waals surface area contributed by atoms with Crippen molar-refractivity contribution in [2.45, 2.75) is 38.6 Å². The van der Waals surface area contributed by atoms with Crippen LogP contribution >= 0.6 is 0 Å². The molecular weight excluding hydrogens is 278 g/mol. The smallest absolute Gasteiger partial charge is 0.225 e. The predicted molar refractivity (Wildman–Crippen MR) is 85.3 cm³/mol. The molecule has 0 saturated carbocycles. The number of fused-ring (bicyclic) bond motifs is 1. The van der Waals surface area contributed by atoms with Crippen molar-refractivity contribution in [1.29, 1.82) is 0 Å². The topological polar surface area (TPSA) is 85.8 Å². The Balaban J connectivity index is 1.86. The second-order valence-corrected chi connectivity index (χ2v) is 5.57. The van der Waals surface area contributed by atoms with Crippen LogP contribution < -0.4 is 11.1 Å². The molecule has 1 aliphatic heterocycles. The number of nitrogens with two attached hydrogens (primary N) is 1. The highest BCUT2D eigenvalue weighted by Crippen LogP contribution is 2.24. The maximum absolute atomic E-state index is 11.7. The van der Waals surface area contributed by atoms with Gasteiger partial charge in [-0.3, -0.25) is 4.79 Å². The van der Waals surface area contributed by atoms with Gasteiger partial charge in [0.05, 0.1) is 0 Å². The highest BCUT2D eigenvalue weighted by atomic mass is 16.1. The third-order valence-electron chi connectivity index (χ3n) is 3.89. The summed E-state index contributed by atoms with van der Waals surface area (Å²) >= 11 is 0. The van der Waals surface area contributed by atoms with Crippen LogP contribution in [0.2, 0.25) is 0 Å². The fraction of sp³-hybridized carbons (Fsp3) is 0.438. The first-order chi connectivity index (χ1) is 10.8. The second-order valence-electron chi connectivity index (χ2n) is 5.57. The molecule has 3 N–H and O–H groups in total. The Hall–Kier alpha value is -2.21. The summed E-state index contributed by atoms with van der Waals surface area (Å²) in [6.45, 7) is 1.31. The Bertz CT molecular complexity index is 664. The molecule has 0 radical (unpaired) electrons. The van der Waals surface area contributed by atoms with E-state index in [0.29, 0.717) is 13.0 Å². The average molecular weight is 299 g/mol. The Labute approximate surface area is 129 Å². The van der Waals surface area contributed by atoms with Crippen molar-refractivity contribution in [3.63, 3.8) is 0 Å². The van der Waals surface area contributed by atoms with Crippen LogP contribution in [-0.4, -0.2) is 27.2 Å². The van der Waals surface area contributed by atoms with Gasteiger partial charge in [0, 0.05) is 37.2 Å². The van der Waals surface area contributed by atoms with Crippen LogP contribution in [0.5, 0.6) is 0 Å². The van der Waals surface area contributed by atoms with Gasteiger partial charge in [-0.05, 0) is 25.0 Å². The number of benzene rings is 1. The molecule has 1 amide bonds. The quantitative estimate of drug-likeness (QED) is 0.903. The molecule has 0 unspecified atom stereocenters. The lowest BCUT2D eigenvalue weighted by atomic mass is 10.2. The summed E-state index contributed by atoms with van der Waals surface area (Å²) in [5.41, 5.74) is 7.14. The number of hydrogen-bond acceptors (Lipinski definition) is 4. The van der Waals surface area contributed by atoms with Crippen molar-refractivity contribution in [3.05, 3.63) is 30.1 Å². The van der Waals surface area contributed by atoms with Gasteiger partial charge in [0.2, 0.25) is 5.91 Å². The molecule has 0 saturated heterocycles. The van der Waals surface area contributed by atoms with Crippen LogP contribution in [0.15, 0.2) is 24.3 Å². The van der Waals surface area contributed by atoms with Gasteiger partial charge in [-0.2, -0.15) is 0 Å². The van der Waals surface area contributed by atoms with Crippen LogP contribution in [0.3, 0.4) is 0 Å². The monoisotopic (exact) mass is 299 g/mol. The highest BCUT2D eigenvalue weighted by Gasteiger charge is 2.16. The zero-order chi connectivity index (χ0) is 15.4. The molecule has 2 aromatic rings. The molecule has 1 aliphatic rings. The van der Waals surface area contributed by atoms with E-state index in [0.717, 1.165) is 42.3 Å². The largest absolute Gasteiger partial charge is 0.330 e. The number of aromatic nitrogens is 3. The minimum absolute atomic E-state index is 0.0697. The number of aryl methyl sites for hydroxylation is 1. The molecule has 2 heterocycles. The van der Waals surface area contributed by atoms with E-state index in [2.05, 4.69) is 20.1 Å². The molecule has 116 valence electrons. The van der Waals surface area contributed by atoms with E-state index >= 15 is 0 Å². The van der Waals surface area contributed by atoms with Crippen LogP contribution in [0.25, 0.3) is 11.4 Å². The Kier molecular flexibility index (Phi) is 4.48. The molecule has 0 fully saturated rings. The van der Waals surface area contributed by atoms with Gasteiger partial charge in [-0.25, -0.2) is 0 Å². The molecule has 0 atom stereocenters. The van der Waals surface area contributed by atoms with E-state index in [9.17, 15) is 4.79 Å². The zero-order valence-corrected chi connectivity index (χ0v) is 12.6. The van der Waals surface area contributed by atoms with E-state index in [1.165, 1.54) is 12.8 Å². The molecular formula is C16H21N5O.